The lowest BCUT2D eigenvalue weighted by Gasteiger charge is -2.35. The van der Waals surface area contributed by atoms with Gasteiger partial charge in [0.25, 0.3) is 5.69 Å². The third-order valence-corrected chi connectivity index (χ3v) is 5.11. The number of hydrogen-bond donors (Lipinski definition) is 1. The molecule has 1 aromatic rings. The Morgan fingerprint density at radius 2 is 1.90 bits per heavy atom. The number of nitro benzene ring substituents is 1. The second kappa shape index (κ2) is 5.66. The van der Waals surface area contributed by atoms with Crippen LogP contribution in [0.5, 0.6) is 0 Å². The molecule has 0 bridgehead atoms. The molecule has 1 saturated heterocycles. The molecule has 1 heterocycles. The maximum absolute atomic E-state index is 13.8. The predicted molar refractivity (Wildman–Crippen MR) is 73.9 cm³/mol. The third-order valence-electron chi connectivity index (χ3n) is 3.27. The molecule has 2 unspecified atom stereocenters. The Balaban J connectivity index is 2.44. The van der Waals surface area contributed by atoms with Crippen LogP contribution in [0.25, 0.3) is 0 Å². The van der Waals surface area contributed by atoms with Crippen molar-refractivity contribution >= 4 is 15.7 Å². The van der Waals surface area contributed by atoms with Crippen LogP contribution >= 0.6 is 0 Å². The van der Waals surface area contributed by atoms with E-state index in [0.29, 0.717) is 0 Å². The second-order valence-electron chi connectivity index (χ2n) is 5.16. The topological polar surface area (TPSA) is 92.5 Å². The van der Waals surface area contributed by atoms with Crippen molar-refractivity contribution in [2.24, 2.45) is 0 Å². The molecule has 1 N–H and O–H groups in total. The molecule has 0 aliphatic carbocycles. The van der Waals surface area contributed by atoms with E-state index >= 15 is 0 Å². The number of halogens is 1. The standard InChI is InChI=1S/C12H16FN3O4S/c1-8-6-15(7-9(2)14-8)21(19,20)12-5-10(16(17)18)3-4-11(12)13/h3-5,8-9,14H,6-7H2,1-2H3. The Labute approximate surface area is 122 Å². The van der Waals surface area contributed by atoms with Gasteiger partial charge in [-0.15, -0.1) is 0 Å². The minimum atomic E-state index is -4.10. The van der Waals surface area contributed by atoms with Crippen LogP contribution in [0.15, 0.2) is 23.1 Å². The fourth-order valence-electron chi connectivity index (χ4n) is 2.42. The largest absolute Gasteiger partial charge is 0.309 e. The lowest BCUT2D eigenvalue weighted by Crippen LogP contribution is -2.55. The number of nitrogens with zero attached hydrogens (tertiary/aromatic N) is 2. The van der Waals surface area contributed by atoms with Crippen LogP contribution in [0.3, 0.4) is 0 Å². The van der Waals surface area contributed by atoms with Crippen molar-refractivity contribution in [3.8, 4) is 0 Å². The van der Waals surface area contributed by atoms with Crippen LogP contribution < -0.4 is 5.32 Å². The molecule has 1 aliphatic heterocycles. The molecule has 1 aromatic carbocycles. The van der Waals surface area contributed by atoms with Gasteiger partial charge in [-0.1, -0.05) is 0 Å². The van der Waals surface area contributed by atoms with Gasteiger partial charge in [0.05, 0.1) is 4.92 Å². The van der Waals surface area contributed by atoms with Gasteiger partial charge < -0.3 is 5.32 Å². The van der Waals surface area contributed by atoms with Crippen molar-refractivity contribution < 1.29 is 17.7 Å². The van der Waals surface area contributed by atoms with Crippen molar-refractivity contribution in [1.29, 1.82) is 0 Å². The average Bonchev–Trinajstić information content (AvgIpc) is 2.37. The van der Waals surface area contributed by atoms with Gasteiger partial charge in [0.2, 0.25) is 10.0 Å². The van der Waals surface area contributed by atoms with Crippen LogP contribution in [-0.2, 0) is 10.0 Å². The fourth-order valence-corrected chi connectivity index (χ4v) is 4.12. The Morgan fingerprint density at radius 3 is 2.43 bits per heavy atom. The molecule has 1 fully saturated rings. The highest BCUT2D eigenvalue weighted by Crippen LogP contribution is 2.25. The SMILES string of the molecule is CC1CN(S(=O)(=O)c2cc([N+](=O)[O-])ccc2F)CC(C)N1. The number of nitro groups is 1. The van der Waals surface area contributed by atoms with Crippen molar-refractivity contribution in [3.05, 3.63) is 34.1 Å². The van der Waals surface area contributed by atoms with Crippen LogP contribution in [-0.4, -0.2) is 42.8 Å². The summed E-state index contributed by atoms with van der Waals surface area (Å²) >= 11 is 0. The van der Waals surface area contributed by atoms with Gasteiger partial charge in [-0.05, 0) is 19.9 Å². The lowest BCUT2D eigenvalue weighted by atomic mass is 10.2. The summed E-state index contributed by atoms with van der Waals surface area (Å²) in [5.41, 5.74) is -0.453. The molecule has 2 atom stereocenters. The van der Waals surface area contributed by atoms with E-state index in [4.69, 9.17) is 0 Å². The zero-order chi connectivity index (χ0) is 15.8. The Morgan fingerprint density at radius 1 is 1.33 bits per heavy atom. The molecule has 0 radical (unpaired) electrons. The van der Waals surface area contributed by atoms with E-state index in [1.54, 1.807) is 0 Å². The third kappa shape index (κ3) is 3.20. The van der Waals surface area contributed by atoms with Gasteiger partial charge in [0.1, 0.15) is 10.7 Å². The number of rotatable bonds is 3. The molecule has 0 saturated carbocycles. The minimum absolute atomic E-state index is 0.0784. The van der Waals surface area contributed by atoms with E-state index < -0.39 is 31.3 Å². The summed E-state index contributed by atoms with van der Waals surface area (Å²) in [5.74, 6) is -0.987. The van der Waals surface area contributed by atoms with Crippen LogP contribution in [0, 0.1) is 15.9 Å². The first-order valence-corrected chi connectivity index (χ1v) is 7.86. The molecule has 0 spiro atoms. The number of non-ortho nitro benzene ring substituents is 1. The van der Waals surface area contributed by atoms with Gasteiger partial charge in [0.15, 0.2) is 0 Å². The van der Waals surface area contributed by atoms with Crippen LogP contribution in [0.2, 0.25) is 0 Å². The van der Waals surface area contributed by atoms with Gasteiger partial charge in [-0.3, -0.25) is 10.1 Å². The smallest absolute Gasteiger partial charge is 0.270 e. The van der Waals surface area contributed by atoms with E-state index in [9.17, 15) is 22.9 Å². The fraction of sp³-hybridized carbons (Fsp3) is 0.500. The number of hydrogen-bond acceptors (Lipinski definition) is 5. The Bertz CT molecular complexity index is 654. The molecule has 9 heteroatoms. The molecule has 2 rings (SSSR count). The predicted octanol–water partition coefficient (Wildman–Crippen LogP) is 1.10. The number of piperazine rings is 1. The van der Waals surface area contributed by atoms with E-state index in [1.165, 1.54) is 0 Å². The molecule has 0 aromatic heterocycles. The quantitative estimate of drug-likeness (QED) is 0.666. The van der Waals surface area contributed by atoms with Gasteiger partial charge in [0, 0.05) is 37.3 Å². The van der Waals surface area contributed by atoms with Gasteiger partial charge in [-0.25, -0.2) is 12.8 Å². The van der Waals surface area contributed by atoms with Crippen molar-refractivity contribution in [3.63, 3.8) is 0 Å². The van der Waals surface area contributed by atoms with E-state index in [-0.39, 0.29) is 25.2 Å². The van der Waals surface area contributed by atoms with E-state index in [1.807, 2.05) is 13.8 Å². The zero-order valence-electron chi connectivity index (χ0n) is 11.6. The first-order valence-electron chi connectivity index (χ1n) is 6.42. The average molecular weight is 317 g/mol. The first kappa shape index (κ1) is 15.8. The highest BCUT2D eigenvalue weighted by molar-refractivity contribution is 7.89. The molecular formula is C12H16FN3O4S. The van der Waals surface area contributed by atoms with Crippen molar-refractivity contribution in [2.45, 2.75) is 30.8 Å². The molecule has 0 amide bonds. The molecule has 116 valence electrons. The first-order chi connectivity index (χ1) is 9.71. The van der Waals surface area contributed by atoms with Gasteiger partial charge in [-0.2, -0.15) is 4.31 Å². The highest BCUT2D eigenvalue weighted by Gasteiger charge is 2.34. The van der Waals surface area contributed by atoms with E-state index in [2.05, 4.69) is 5.32 Å². The molecular weight excluding hydrogens is 301 g/mol. The summed E-state index contributed by atoms with van der Waals surface area (Å²) in [6.07, 6.45) is 0. The number of benzene rings is 1. The summed E-state index contributed by atoms with van der Waals surface area (Å²) in [4.78, 5) is 9.33. The zero-order valence-corrected chi connectivity index (χ0v) is 12.4. The number of nitrogens with one attached hydrogen (secondary N) is 1. The molecule has 7 nitrogen and oxygen atoms in total. The van der Waals surface area contributed by atoms with Crippen molar-refractivity contribution in [1.82, 2.24) is 9.62 Å². The summed E-state index contributed by atoms with van der Waals surface area (Å²) in [6.45, 7) is 4.02. The number of sulfonamides is 1. The Kier molecular flexibility index (Phi) is 4.26. The van der Waals surface area contributed by atoms with Crippen LogP contribution in [0.1, 0.15) is 13.8 Å². The summed E-state index contributed by atoms with van der Waals surface area (Å²) in [7, 11) is -4.10. The molecule has 21 heavy (non-hydrogen) atoms. The summed E-state index contributed by atoms with van der Waals surface area (Å²) in [5, 5.41) is 13.9. The summed E-state index contributed by atoms with van der Waals surface area (Å²) < 4.78 is 40.0. The monoisotopic (exact) mass is 317 g/mol. The normalized spacial score (nSPS) is 24.0. The lowest BCUT2D eigenvalue weighted by molar-refractivity contribution is -0.385. The second-order valence-corrected chi connectivity index (χ2v) is 7.07. The Hall–Kier alpha value is -1.58. The van der Waals surface area contributed by atoms with E-state index in [0.717, 1.165) is 22.5 Å². The molecule has 1 aliphatic rings. The van der Waals surface area contributed by atoms with Gasteiger partial charge >= 0.3 is 0 Å². The minimum Gasteiger partial charge on any atom is -0.309 e. The maximum Gasteiger partial charge on any atom is 0.270 e. The highest BCUT2D eigenvalue weighted by atomic mass is 32.2. The summed E-state index contributed by atoms with van der Waals surface area (Å²) in [6, 6.07) is 2.36. The maximum atomic E-state index is 13.8. The van der Waals surface area contributed by atoms with Crippen molar-refractivity contribution in [2.75, 3.05) is 13.1 Å². The van der Waals surface area contributed by atoms with Crippen LogP contribution in [0.4, 0.5) is 10.1 Å².